The van der Waals surface area contributed by atoms with E-state index in [9.17, 15) is 9.90 Å². The summed E-state index contributed by atoms with van der Waals surface area (Å²) in [5.41, 5.74) is 6.69. The fourth-order valence-corrected chi connectivity index (χ4v) is 5.99. The largest absolute Gasteiger partial charge is 0.448 e. The Hall–Kier alpha value is -3.38. The molecule has 1 aromatic heterocycles. The number of carbonyl (C=O) groups is 1. The van der Waals surface area contributed by atoms with Crippen LogP contribution in [0.15, 0.2) is 60.7 Å². The Bertz CT molecular complexity index is 1210. The second-order valence-corrected chi connectivity index (χ2v) is 9.84. The minimum Gasteiger partial charge on any atom is -0.448 e. The van der Waals surface area contributed by atoms with Crippen molar-refractivity contribution in [2.24, 2.45) is 0 Å². The van der Waals surface area contributed by atoms with Gasteiger partial charge < -0.3 is 20.1 Å². The number of hydrogen-bond acceptors (Lipinski definition) is 5. The van der Waals surface area contributed by atoms with Gasteiger partial charge in [0.25, 0.3) is 0 Å². The summed E-state index contributed by atoms with van der Waals surface area (Å²) < 4.78 is 5.91. The van der Waals surface area contributed by atoms with E-state index in [4.69, 9.17) is 4.74 Å². The number of aliphatic hydroxyl groups is 1. The van der Waals surface area contributed by atoms with Crippen LogP contribution in [0.25, 0.3) is 11.1 Å². The van der Waals surface area contributed by atoms with E-state index in [1.54, 1.807) is 4.90 Å². The maximum absolute atomic E-state index is 13.3. The zero-order valence-electron chi connectivity index (χ0n) is 19.3. The van der Waals surface area contributed by atoms with E-state index in [2.05, 4.69) is 40.6 Å². The predicted molar refractivity (Wildman–Crippen MR) is 131 cm³/mol. The number of aliphatic hydroxyl groups excluding tert-OH is 1. The molecule has 0 radical (unpaired) electrons. The molecule has 1 spiro atoms. The molecule has 1 amide bonds. The molecule has 1 aliphatic carbocycles. The molecule has 0 bridgehead atoms. The van der Waals surface area contributed by atoms with Crippen molar-refractivity contribution in [2.75, 3.05) is 25.1 Å². The summed E-state index contributed by atoms with van der Waals surface area (Å²) in [4.78, 5) is 19.7. The Morgan fingerprint density at radius 2 is 1.82 bits per heavy atom. The van der Waals surface area contributed by atoms with E-state index in [1.807, 2.05) is 37.3 Å². The van der Waals surface area contributed by atoms with Gasteiger partial charge in [-0.1, -0.05) is 54.6 Å². The Kier molecular flexibility index (Phi) is 5.06. The molecule has 6 rings (SSSR count). The number of benzene rings is 2. The first-order valence-electron chi connectivity index (χ1n) is 12.0. The molecule has 2 aromatic carbocycles. The van der Waals surface area contributed by atoms with Gasteiger partial charge in [0.15, 0.2) is 0 Å². The summed E-state index contributed by atoms with van der Waals surface area (Å²) in [6, 6.07) is 20.6. The van der Waals surface area contributed by atoms with E-state index in [0.29, 0.717) is 13.0 Å². The number of amides is 1. The molecule has 3 heterocycles. The number of anilines is 1. The zero-order chi connectivity index (χ0) is 23.3. The zero-order valence-corrected chi connectivity index (χ0v) is 19.3. The Labute approximate surface area is 199 Å². The summed E-state index contributed by atoms with van der Waals surface area (Å²) in [7, 11) is 0. The van der Waals surface area contributed by atoms with Crippen molar-refractivity contribution in [3.05, 3.63) is 83.0 Å². The lowest BCUT2D eigenvalue weighted by atomic mass is 9.85. The Morgan fingerprint density at radius 3 is 2.53 bits per heavy atom. The lowest BCUT2D eigenvalue weighted by Crippen LogP contribution is -2.46. The molecule has 1 fully saturated rings. The van der Waals surface area contributed by atoms with Gasteiger partial charge in [0.2, 0.25) is 0 Å². The van der Waals surface area contributed by atoms with E-state index in [-0.39, 0.29) is 36.8 Å². The first-order chi connectivity index (χ1) is 16.6. The van der Waals surface area contributed by atoms with Crippen LogP contribution in [0, 0.1) is 6.92 Å². The number of nitrogens with zero attached hydrogens (tertiary/aromatic N) is 2. The third-order valence-corrected chi connectivity index (χ3v) is 7.70. The summed E-state index contributed by atoms with van der Waals surface area (Å²) in [5, 5.41) is 13.7. The lowest BCUT2D eigenvalue weighted by Gasteiger charge is -2.36. The van der Waals surface area contributed by atoms with Gasteiger partial charge in [-0.2, -0.15) is 0 Å². The van der Waals surface area contributed by atoms with E-state index in [1.165, 1.54) is 27.8 Å². The number of nitrogens with one attached hydrogen (secondary N) is 1. The van der Waals surface area contributed by atoms with Gasteiger partial charge >= 0.3 is 6.09 Å². The molecule has 3 aromatic rings. The molecule has 0 saturated carbocycles. The van der Waals surface area contributed by atoms with Gasteiger partial charge in [-0.05, 0) is 60.1 Å². The van der Waals surface area contributed by atoms with Crippen molar-refractivity contribution in [2.45, 2.75) is 43.7 Å². The highest BCUT2D eigenvalue weighted by molar-refractivity contribution is 5.79. The molecule has 1 saturated heterocycles. The topological polar surface area (TPSA) is 74.7 Å². The van der Waals surface area contributed by atoms with Gasteiger partial charge in [-0.25, -0.2) is 9.78 Å². The predicted octanol–water partition coefficient (Wildman–Crippen LogP) is 4.50. The fourth-order valence-electron chi connectivity index (χ4n) is 5.99. The normalized spacial score (nSPS) is 22.8. The standard InChI is InChI=1S/C28H29N3O3/c1-18-10-11-19-12-13-28(30-26(19)29-18)14-20(15-32)31(17-28)27(33)34-16-25-23-8-4-2-6-21(23)22-7-3-5-9-24(22)25/h2-11,20,25,32H,12-17H2,1H3,(H,29,30)/t20-,28+/m1/s1. The second-order valence-electron chi connectivity index (χ2n) is 9.84. The second kappa shape index (κ2) is 8.13. The first-order valence-corrected chi connectivity index (χ1v) is 12.0. The molecule has 2 N–H and O–H groups in total. The molecule has 6 heteroatoms. The molecular formula is C28H29N3O3. The highest BCUT2D eigenvalue weighted by atomic mass is 16.6. The highest BCUT2D eigenvalue weighted by Gasteiger charge is 2.48. The third-order valence-electron chi connectivity index (χ3n) is 7.70. The van der Waals surface area contributed by atoms with Crippen LogP contribution in [0.2, 0.25) is 0 Å². The molecule has 34 heavy (non-hydrogen) atoms. The lowest BCUT2D eigenvalue weighted by molar-refractivity contribution is 0.0820. The number of rotatable bonds is 3. The molecule has 3 aliphatic rings. The smallest absolute Gasteiger partial charge is 0.410 e. The minimum absolute atomic E-state index is 0.0207. The number of pyridine rings is 1. The number of carbonyl (C=O) groups excluding carboxylic acids is 1. The van der Waals surface area contributed by atoms with Crippen molar-refractivity contribution in [1.82, 2.24) is 9.88 Å². The van der Waals surface area contributed by atoms with Gasteiger partial charge in [-0.3, -0.25) is 0 Å². The number of ether oxygens (including phenoxy) is 1. The van der Waals surface area contributed by atoms with Crippen molar-refractivity contribution >= 4 is 11.9 Å². The average Bonchev–Trinajstić information content (AvgIpc) is 3.38. The van der Waals surface area contributed by atoms with Crippen LogP contribution >= 0.6 is 0 Å². The number of aryl methyl sites for hydroxylation is 2. The number of aromatic nitrogens is 1. The monoisotopic (exact) mass is 455 g/mol. The van der Waals surface area contributed by atoms with Crippen LogP contribution in [-0.2, 0) is 11.2 Å². The number of hydrogen-bond donors (Lipinski definition) is 2. The van der Waals surface area contributed by atoms with Crippen molar-refractivity contribution in [1.29, 1.82) is 0 Å². The van der Waals surface area contributed by atoms with Crippen LogP contribution in [0.3, 0.4) is 0 Å². The number of fused-ring (bicyclic) bond motifs is 4. The van der Waals surface area contributed by atoms with Crippen LogP contribution in [0.4, 0.5) is 10.6 Å². The molecule has 174 valence electrons. The number of likely N-dealkylation sites (tertiary alicyclic amines) is 1. The summed E-state index contributed by atoms with van der Waals surface area (Å²) >= 11 is 0. The van der Waals surface area contributed by atoms with Crippen LogP contribution in [-0.4, -0.2) is 52.4 Å². The van der Waals surface area contributed by atoms with Crippen LogP contribution in [0.1, 0.15) is 41.1 Å². The van der Waals surface area contributed by atoms with Gasteiger partial charge in [0.1, 0.15) is 12.4 Å². The molecule has 2 atom stereocenters. The quantitative estimate of drug-likeness (QED) is 0.608. The van der Waals surface area contributed by atoms with E-state index in [0.717, 1.165) is 24.4 Å². The fraction of sp³-hybridized carbons (Fsp3) is 0.357. The van der Waals surface area contributed by atoms with Crippen molar-refractivity contribution in [3.63, 3.8) is 0 Å². The maximum atomic E-state index is 13.3. The van der Waals surface area contributed by atoms with Gasteiger partial charge in [0, 0.05) is 18.2 Å². The van der Waals surface area contributed by atoms with Gasteiger partial charge in [0.05, 0.1) is 18.2 Å². The SMILES string of the molecule is Cc1ccc2c(n1)N[C@@]1(CC2)C[C@H](CO)N(C(=O)OCC2c3ccccc3-c3ccccc32)C1. The van der Waals surface area contributed by atoms with Crippen LogP contribution < -0.4 is 5.32 Å². The molecule has 6 nitrogen and oxygen atoms in total. The maximum Gasteiger partial charge on any atom is 0.410 e. The highest BCUT2D eigenvalue weighted by Crippen LogP contribution is 2.45. The van der Waals surface area contributed by atoms with E-state index >= 15 is 0 Å². The first kappa shape index (κ1) is 21.2. The Balaban J connectivity index is 1.19. The average molecular weight is 456 g/mol. The molecule has 2 aliphatic heterocycles. The van der Waals surface area contributed by atoms with Crippen molar-refractivity contribution < 1.29 is 14.6 Å². The summed E-state index contributed by atoms with van der Waals surface area (Å²) in [6.07, 6.45) is 2.13. The van der Waals surface area contributed by atoms with Crippen LogP contribution in [0.5, 0.6) is 0 Å². The van der Waals surface area contributed by atoms with Crippen molar-refractivity contribution in [3.8, 4) is 11.1 Å². The Morgan fingerprint density at radius 1 is 1.12 bits per heavy atom. The third kappa shape index (κ3) is 3.44. The minimum atomic E-state index is -0.359. The molecular weight excluding hydrogens is 426 g/mol. The summed E-state index contributed by atoms with van der Waals surface area (Å²) in [5.74, 6) is 0.921. The molecule has 0 unspecified atom stereocenters. The van der Waals surface area contributed by atoms with E-state index < -0.39 is 0 Å². The summed E-state index contributed by atoms with van der Waals surface area (Å²) in [6.45, 7) is 2.69. The van der Waals surface area contributed by atoms with Gasteiger partial charge in [-0.15, -0.1) is 0 Å².